The van der Waals surface area contributed by atoms with E-state index < -0.39 is 93.6 Å². The SMILES string of the molecule is COc1cc(C)c(C(=O)Oc2cc(C)c(O)c(C(=O)O)c2C)c(O)c1C=O.Cc1cc(O)c(C=O)c2c1C(=O)Oc1c(COC(=O)C=CC(=O)O)c(O)c(C(=O)O)c(C)c1O2. The number of benzene rings is 4. The number of aliphatic carboxylic acids is 1. The van der Waals surface area contributed by atoms with Gasteiger partial charge in [-0.15, -0.1) is 0 Å². The lowest BCUT2D eigenvalue weighted by Gasteiger charge is -2.18. The number of ether oxygens (including phenoxy) is 5. The van der Waals surface area contributed by atoms with Gasteiger partial charge in [-0.2, -0.15) is 0 Å². The summed E-state index contributed by atoms with van der Waals surface area (Å²) in [5.74, 6) is -11.3. The normalized spacial score (nSPS) is 11.3. The molecule has 1 heterocycles. The van der Waals surface area contributed by atoms with Crippen molar-refractivity contribution in [3.63, 3.8) is 0 Å². The zero-order chi connectivity index (χ0) is 45.8. The Morgan fingerprint density at radius 2 is 1.25 bits per heavy atom. The number of phenols is 4. The first kappa shape index (κ1) is 45.3. The second kappa shape index (κ2) is 18.0. The summed E-state index contributed by atoms with van der Waals surface area (Å²) in [7, 11) is 1.31. The molecule has 20 nitrogen and oxygen atoms in total. The van der Waals surface area contributed by atoms with Crippen molar-refractivity contribution in [3.05, 3.63) is 97.1 Å². The first-order chi connectivity index (χ1) is 28.6. The van der Waals surface area contributed by atoms with Crippen LogP contribution in [0.3, 0.4) is 0 Å². The van der Waals surface area contributed by atoms with Gasteiger partial charge in [0.05, 0.1) is 23.8 Å². The van der Waals surface area contributed by atoms with Crippen molar-refractivity contribution in [2.75, 3.05) is 7.11 Å². The van der Waals surface area contributed by atoms with E-state index in [1.54, 1.807) is 0 Å². The maximum atomic E-state index is 12.9. The molecule has 0 radical (unpaired) electrons. The van der Waals surface area contributed by atoms with Crippen LogP contribution in [0.2, 0.25) is 0 Å². The highest BCUT2D eigenvalue weighted by atomic mass is 16.6. The summed E-state index contributed by atoms with van der Waals surface area (Å²) in [6.07, 6.45) is 1.65. The van der Waals surface area contributed by atoms with E-state index in [1.165, 1.54) is 53.9 Å². The quantitative estimate of drug-likeness (QED) is 0.0452. The largest absolute Gasteiger partial charge is 0.507 e. The topological polar surface area (TPSA) is 324 Å². The maximum absolute atomic E-state index is 12.9. The molecule has 1 aliphatic heterocycles. The fraction of sp³-hybridized carbons (Fsp3) is 0.171. The van der Waals surface area contributed by atoms with Gasteiger partial charge in [-0.3, -0.25) is 9.59 Å². The number of aromatic hydroxyl groups is 4. The van der Waals surface area contributed by atoms with Crippen LogP contribution in [-0.2, 0) is 20.9 Å². The minimum atomic E-state index is -1.60. The van der Waals surface area contributed by atoms with Crippen molar-refractivity contribution < 1.29 is 97.8 Å². The number of rotatable bonds is 11. The summed E-state index contributed by atoms with van der Waals surface area (Å²) in [5.41, 5.74) is -2.11. The summed E-state index contributed by atoms with van der Waals surface area (Å²) in [6.45, 7) is 6.18. The lowest BCUT2D eigenvalue weighted by molar-refractivity contribution is -0.139. The molecule has 5 rings (SSSR count). The first-order valence-electron chi connectivity index (χ1n) is 17.2. The molecule has 0 fully saturated rings. The Labute approximate surface area is 343 Å². The predicted molar refractivity (Wildman–Crippen MR) is 204 cm³/mol. The molecular weight excluding hydrogens is 812 g/mol. The second-order valence-corrected chi connectivity index (χ2v) is 12.9. The molecule has 1 aliphatic rings. The molecule has 0 saturated carbocycles. The van der Waals surface area contributed by atoms with Crippen molar-refractivity contribution >= 4 is 48.4 Å². The van der Waals surface area contributed by atoms with E-state index in [-0.39, 0.29) is 68.0 Å². The second-order valence-electron chi connectivity index (χ2n) is 12.9. The number of phenolic OH excluding ortho intramolecular Hbond substituents is 2. The van der Waals surface area contributed by atoms with E-state index in [0.29, 0.717) is 24.0 Å². The van der Waals surface area contributed by atoms with Gasteiger partial charge in [-0.05, 0) is 69.5 Å². The van der Waals surface area contributed by atoms with Gasteiger partial charge in [0.2, 0.25) is 0 Å². The molecule has 0 aliphatic carbocycles. The van der Waals surface area contributed by atoms with E-state index in [9.17, 15) is 69.0 Å². The van der Waals surface area contributed by atoms with Crippen LogP contribution >= 0.6 is 0 Å². The van der Waals surface area contributed by atoms with Crippen LogP contribution in [0.5, 0.6) is 51.7 Å². The highest BCUT2D eigenvalue weighted by molar-refractivity contribution is 6.03. The number of aldehydes is 2. The van der Waals surface area contributed by atoms with Gasteiger partial charge in [0, 0.05) is 23.3 Å². The molecule has 0 aromatic heterocycles. The average molecular weight is 847 g/mol. The number of carbonyl (C=O) groups is 8. The third-order valence-electron chi connectivity index (χ3n) is 9.03. The number of esters is 3. The van der Waals surface area contributed by atoms with E-state index in [2.05, 4.69) is 0 Å². The predicted octanol–water partition coefficient (Wildman–Crippen LogP) is 5.00. The minimum Gasteiger partial charge on any atom is -0.507 e. The highest BCUT2D eigenvalue weighted by Gasteiger charge is 2.36. The number of aryl methyl sites for hydroxylation is 3. The van der Waals surface area contributed by atoms with Crippen LogP contribution in [0.15, 0.2) is 30.4 Å². The third-order valence-corrected chi connectivity index (χ3v) is 9.03. The first-order valence-corrected chi connectivity index (χ1v) is 17.2. The Morgan fingerprint density at radius 3 is 1.80 bits per heavy atom. The van der Waals surface area contributed by atoms with E-state index in [4.69, 9.17) is 28.8 Å². The molecular formula is C41H34O20. The van der Waals surface area contributed by atoms with E-state index >= 15 is 0 Å². The number of hydrogen-bond acceptors (Lipinski definition) is 17. The van der Waals surface area contributed by atoms with Gasteiger partial charge in [0.1, 0.15) is 63.4 Å². The minimum absolute atomic E-state index is 0.0419. The lowest BCUT2D eigenvalue weighted by atomic mass is 10.0. The van der Waals surface area contributed by atoms with Crippen molar-refractivity contribution in [3.8, 4) is 51.7 Å². The van der Waals surface area contributed by atoms with Crippen LogP contribution in [0, 0.1) is 34.6 Å². The van der Waals surface area contributed by atoms with E-state index in [0.717, 1.165) is 6.07 Å². The van der Waals surface area contributed by atoms with Gasteiger partial charge in [-0.1, -0.05) is 0 Å². The van der Waals surface area contributed by atoms with Crippen molar-refractivity contribution in [2.24, 2.45) is 0 Å². The number of fused-ring (bicyclic) bond motifs is 2. The standard InChI is InChI=1S/C22H16O12.C19H18O8/c1-8-5-12(24)10(6-23)19-15(8)22(31)34-20-11(7-32-14(27)4-3-13(25)26)17(28)16(21(29)30)9(2)18(20)33-19;1-8-5-13(26-4)11(7-20)17(22)14(8)19(25)27-12-6-9(2)16(21)15(10(12)3)18(23)24/h3-6,24,28H,7H2,1-2H3,(H,25,26)(H,29,30);5-7,21-22H,1-4H3,(H,23,24). The molecule has 318 valence electrons. The summed E-state index contributed by atoms with van der Waals surface area (Å²) in [4.78, 5) is 93.8. The summed E-state index contributed by atoms with van der Waals surface area (Å²) in [6, 6.07) is 3.84. The fourth-order valence-corrected chi connectivity index (χ4v) is 6.03. The van der Waals surface area contributed by atoms with Crippen molar-refractivity contribution in [1.82, 2.24) is 0 Å². The monoisotopic (exact) mass is 846 g/mol. The third kappa shape index (κ3) is 8.87. The van der Waals surface area contributed by atoms with Crippen LogP contribution in [0.25, 0.3) is 0 Å². The van der Waals surface area contributed by atoms with Crippen LogP contribution in [0.1, 0.15) is 95.5 Å². The van der Waals surface area contributed by atoms with E-state index in [1.807, 2.05) is 0 Å². The molecule has 4 aromatic rings. The van der Waals surface area contributed by atoms with Crippen LogP contribution < -0.4 is 18.9 Å². The summed E-state index contributed by atoms with van der Waals surface area (Å²) >= 11 is 0. The van der Waals surface area contributed by atoms with Gasteiger partial charge in [0.25, 0.3) is 0 Å². The molecule has 0 unspecified atom stereocenters. The number of carboxylic acid groups (broad SMARTS) is 3. The fourth-order valence-electron chi connectivity index (χ4n) is 6.03. The Hall–Kier alpha value is -8.42. The van der Waals surface area contributed by atoms with Gasteiger partial charge >= 0.3 is 35.8 Å². The molecule has 0 saturated heterocycles. The highest BCUT2D eigenvalue weighted by Crippen LogP contribution is 2.50. The van der Waals surface area contributed by atoms with Crippen molar-refractivity contribution in [1.29, 1.82) is 0 Å². The Bertz CT molecular complexity index is 2620. The van der Waals surface area contributed by atoms with Gasteiger partial charge < -0.3 is 59.4 Å². The summed E-state index contributed by atoms with van der Waals surface area (Å²) in [5, 5.41) is 68.4. The lowest BCUT2D eigenvalue weighted by Crippen LogP contribution is -2.14. The molecule has 7 N–H and O–H groups in total. The number of carboxylic acids is 3. The molecule has 61 heavy (non-hydrogen) atoms. The zero-order valence-electron chi connectivity index (χ0n) is 32.7. The maximum Gasteiger partial charge on any atom is 0.347 e. The molecule has 0 atom stereocenters. The van der Waals surface area contributed by atoms with Crippen LogP contribution in [-0.4, -0.2) is 91.2 Å². The van der Waals surface area contributed by atoms with Crippen molar-refractivity contribution in [2.45, 2.75) is 41.2 Å². The van der Waals surface area contributed by atoms with Gasteiger partial charge in [-0.25, -0.2) is 28.8 Å². The molecule has 0 spiro atoms. The number of hydrogen-bond donors (Lipinski definition) is 7. The number of aromatic carboxylic acids is 2. The smallest absolute Gasteiger partial charge is 0.347 e. The average Bonchev–Trinajstić information content (AvgIpc) is 3.32. The molecule has 0 amide bonds. The Morgan fingerprint density at radius 1 is 0.656 bits per heavy atom. The Kier molecular flexibility index (Phi) is 13.4. The van der Waals surface area contributed by atoms with Crippen LogP contribution in [0.4, 0.5) is 0 Å². The number of carbonyl (C=O) groups excluding carboxylic acids is 5. The molecule has 4 aromatic carbocycles. The van der Waals surface area contributed by atoms with Gasteiger partial charge in [0.15, 0.2) is 29.8 Å². The number of methoxy groups -OCH3 is 1. The summed E-state index contributed by atoms with van der Waals surface area (Å²) < 4.78 is 26.2. The molecule has 20 heteroatoms. The molecule has 0 bridgehead atoms. The zero-order valence-corrected chi connectivity index (χ0v) is 32.7. The Balaban J connectivity index is 0.000000276.